The van der Waals surface area contributed by atoms with Crippen LogP contribution in [0.2, 0.25) is 0 Å². The molecule has 0 spiro atoms. The number of hydrogen-bond acceptors (Lipinski definition) is 5. The largest absolute Gasteiger partial charge is 0.413 e. The molecule has 5 nitrogen and oxygen atoms in total. The molecular formula is C9H14N2O3S. The Kier molecular flexibility index (Phi) is 3.65. The van der Waals surface area contributed by atoms with Gasteiger partial charge in [0.2, 0.25) is 5.06 Å². The highest BCUT2D eigenvalue weighted by Crippen LogP contribution is 2.21. The molecule has 84 valence electrons. The van der Waals surface area contributed by atoms with Gasteiger partial charge in [-0.3, -0.25) is 0 Å². The minimum Gasteiger partial charge on any atom is -0.397 e. The molecule has 0 radical (unpaired) electrons. The van der Waals surface area contributed by atoms with E-state index in [9.17, 15) is 4.79 Å². The summed E-state index contributed by atoms with van der Waals surface area (Å²) in [4.78, 5) is 15.2. The molecule has 0 unspecified atom stereocenters. The third kappa shape index (κ3) is 4.26. The van der Waals surface area contributed by atoms with Crippen LogP contribution in [0.1, 0.15) is 25.8 Å². The van der Waals surface area contributed by atoms with Gasteiger partial charge in [0.1, 0.15) is 5.01 Å². The summed E-state index contributed by atoms with van der Waals surface area (Å²) in [6, 6.07) is 0. The Bertz CT molecular complexity index is 343. The Morgan fingerprint density at radius 2 is 2.33 bits per heavy atom. The van der Waals surface area contributed by atoms with Crippen LogP contribution in [-0.2, 0) is 6.61 Å². The lowest BCUT2D eigenvalue weighted by atomic mass is 10.1. The van der Waals surface area contributed by atoms with E-state index in [-0.39, 0.29) is 12.1 Å². The van der Waals surface area contributed by atoms with E-state index in [1.807, 2.05) is 20.8 Å². The maximum atomic E-state index is 11.3. The highest BCUT2D eigenvalue weighted by atomic mass is 32.1. The van der Waals surface area contributed by atoms with Crippen molar-refractivity contribution in [1.82, 2.24) is 10.3 Å². The standard InChI is InChI=1S/C9H14N2O3S/c1-9(2,3)11-8(13)14-7-4-10-6(5-12)15-7/h4,12H,5H2,1-3H3,(H,11,13). The third-order valence-electron chi connectivity index (χ3n) is 1.34. The zero-order chi connectivity index (χ0) is 11.5. The molecule has 1 amide bonds. The van der Waals surface area contributed by atoms with Crippen molar-refractivity contribution in [2.45, 2.75) is 32.9 Å². The molecule has 1 heterocycles. The lowest BCUT2D eigenvalue weighted by molar-refractivity contribution is 0.192. The van der Waals surface area contributed by atoms with Gasteiger partial charge in [-0.15, -0.1) is 0 Å². The van der Waals surface area contributed by atoms with E-state index in [0.29, 0.717) is 10.1 Å². The van der Waals surface area contributed by atoms with Crippen molar-refractivity contribution < 1.29 is 14.6 Å². The van der Waals surface area contributed by atoms with Crippen molar-refractivity contribution in [3.8, 4) is 5.06 Å². The van der Waals surface area contributed by atoms with E-state index in [4.69, 9.17) is 9.84 Å². The van der Waals surface area contributed by atoms with Crippen LogP contribution >= 0.6 is 11.3 Å². The number of nitrogens with one attached hydrogen (secondary N) is 1. The number of nitrogens with zero attached hydrogens (tertiary/aromatic N) is 1. The van der Waals surface area contributed by atoms with Crippen molar-refractivity contribution >= 4 is 17.4 Å². The van der Waals surface area contributed by atoms with Crippen LogP contribution in [-0.4, -0.2) is 21.7 Å². The van der Waals surface area contributed by atoms with Crippen LogP contribution in [0.25, 0.3) is 0 Å². The number of carbonyl (C=O) groups is 1. The number of carbonyl (C=O) groups excluding carboxylic acids is 1. The first-order valence-electron chi connectivity index (χ1n) is 4.46. The molecule has 1 aromatic heterocycles. The van der Waals surface area contributed by atoms with E-state index >= 15 is 0 Å². The van der Waals surface area contributed by atoms with Crippen molar-refractivity contribution in [2.75, 3.05) is 0 Å². The number of rotatable bonds is 2. The summed E-state index contributed by atoms with van der Waals surface area (Å²) in [7, 11) is 0. The maximum absolute atomic E-state index is 11.3. The van der Waals surface area contributed by atoms with Crippen LogP contribution in [0.5, 0.6) is 5.06 Å². The Balaban J connectivity index is 2.51. The van der Waals surface area contributed by atoms with Gasteiger partial charge in [0.25, 0.3) is 0 Å². The summed E-state index contributed by atoms with van der Waals surface area (Å²) in [5, 5.41) is 12.3. The van der Waals surface area contributed by atoms with Crippen molar-refractivity contribution in [3.05, 3.63) is 11.2 Å². The number of amides is 1. The molecule has 0 bridgehead atoms. The summed E-state index contributed by atoms with van der Waals surface area (Å²) >= 11 is 1.14. The van der Waals surface area contributed by atoms with Gasteiger partial charge in [0.05, 0.1) is 12.8 Å². The number of ether oxygens (including phenoxy) is 1. The van der Waals surface area contributed by atoms with Gasteiger partial charge in [-0.2, -0.15) is 0 Å². The van der Waals surface area contributed by atoms with Crippen molar-refractivity contribution in [3.63, 3.8) is 0 Å². The SMILES string of the molecule is CC(C)(C)NC(=O)Oc1cnc(CO)s1. The molecule has 15 heavy (non-hydrogen) atoms. The van der Waals surface area contributed by atoms with E-state index in [1.54, 1.807) is 0 Å². The average molecular weight is 230 g/mol. The smallest absolute Gasteiger partial charge is 0.397 e. The third-order valence-corrected chi connectivity index (χ3v) is 2.20. The van der Waals surface area contributed by atoms with E-state index in [2.05, 4.69) is 10.3 Å². The summed E-state index contributed by atoms with van der Waals surface area (Å²) in [6.45, 7) is 5.44. The Hall–Kier alpha value is -1.14. The molecule has 0 fully saturated rings. The normalized spacial score (nSPS) is 11.2. The van der Waals surface area contributed by atoms with Gasteiger partial charge in [-0.05, 0) is 20.8 Å². The number of thiazole rings is 1. The molecule has 1 aromatic rings. The van der Waals surface area contributed by atoms with Crippen LogP contribution in [0.3, 0.4) is 0 Å². The Morgan fingerprint density at radius 3 is 2.80 bits per heavy atom. The van der Waals surface area contributed by atoms with Crippen molar-refractivity contribution in [2.24, 2.45) is 0 Å². The monoisotopic (exact) mass is 230 g/mol. The van der Waals surface area contributed by atoms with Gasteiger partial charge >= 0.3 is 6.09 Å². The molecule has 0 saturated carbocycles. The van der Waals surface area contributed by atoms with Gasteiger partial charge < -0.3 is 15.2 Å². The van der Waals surface area contributed by atoms with Crippen LogP contribution in [0.4, 0.5) is 4.79 Å². The van der Waals surface area contributed by atoms with Crippen LogP contribution in [0, 0.1) is 0 Å². The molecule has 0 atom stereocenters. The van der Waals surface area contributed by atoms with E-state index < -0.39 is 6.09 Å². The Labute approximate surface area is 92.1 Å². The second kappa shape index (κ2) is 4.59. The van der Waals surface area contributed by atoms with Crippen LogP contribution in [0.15, 0.2) is 6.20 Å². The molecule has 0 aliphatic heterocycles. The molecule has 1 rings (SSSR count). The second-order valence-electron chi connectivity index (χ2n) is 4.00. The fourth-order valence-electron chi connectivity index (χ4n) is 0.837. The van der Waals surface area contributed by atoms with Gasteiger partial charge in [0.15, 0.2) is 0 Å². The highest BCUT2D eigenvalue weighted by molar-refractivity contribution is 7.13. The topological polar surface area (TPSA) is 71.5 Å². The van der Waals surface area contributed by atoms with E-state index in [0.717, 1.165) is 11.3 Å². The number of hydrogen-bond donors (Lipinski definition) is 2. The fraction of sp³-hybridized carbons (Fsp3) is 0.556. The molecule has 6 heteroatoms. The average Bonchev–Trinajstić information content (AvgIpc) is 2.48. The first-order chi connectivity index (χ1) is 6.90. The highest BCUT2D eigenvalue weighted by Gasteiger charge is 2.16. The lowest BCUT2D eigenvalue weighted by Gasteiger charge is -2.19. The zero-order valence-electron chi connectivity index (χ0n) is 8.90. The minimum absolute atomic E-state index is 0.144. The fourth-order valence-corrected chi connectivity index (χ4v) is 1.46. The van der Waals surface area contributed by atoms with Gasteiger partial charge in [-0.25, -0.2) is 9.78 Å². The molecule has 2 N–H and O–H groups in total. The predicted octanol–water partition coefficient (Wildman–Crippen LogP) is 1.52. The van der Waals surface area contributed by atoms with Gasteiger partial charge in [0, 0.05) is 5.54 Å². The molecule has 0 aliphatic rings. The van der Waals surface area contributed by atoms with Crippen molar-refractivity contribution in [1.29, 1.82) is 0 Å². The molecule has 0 aliphatic carbocycles. The predicted molar refractivity (Wildman–Crippen MR) is 56.9 cm³/mol. The first kappa shape index (κ1) is 11.9. The number of aromatic nitrogens is 1. The summed E-state index contributed by atoms with van der Waals surface area (Å²) in [5.74, 6) is 0. The van der Waals surface area contributed by atoms with Crippen LogP contribution < -0.4 is 10.1 Å². The quantitative estimate of drug-likeness (QED) is 0.808. The Morgan fingerprint density at radius 1 is 1.67 bits per heavy atom. The first-order valence-corrected chi connectivity index (χ1v) is 5.28. The summed E-state index contributed by atoms with van der Waals surface area (Å²) < 4.78 is 4.97. The summed E-state index contributed by atoms with van der Waals surface area (Å²) in [5.41, 5.74) is -0.332. The molecular weight excluding hydrogens is 216 g/mol. The number of aliphatic hydroxyl groups is 1. The second-order valence-corrected chi connectivity index (χ2v) is 5.07. The van der Waals surface area contributed by atoms with E-state index in [1.165, 1.54) is 6.20 Å². The zero-order valence-corrected chi connectivity index (χ0v) is 9.72. The lowest BCUT2D eigenvalue weighted by Crippen LogP contribution is -2.42. The maximum Gasteiger partial charge on any atom is 0.413 e. The van der Waals surface area contributed by atoms with Gasteiger partial charge in [-0.1, -0.05) is 11.3 Å². The number of aliphatic hydroxyl groups excluding tert-OH is 1. The summed E-state index contributed by atoms with van der Waals surface area (Å²) in [6.07, 6.45) is 0.897. The minimum atomic E-state index is -0.518. The molecule has 0 saturated heterocycles. The molecule has 0 aromatic carbocycles.